The van der Waals surface area contributed by atoms with E-state index in [0.29, 0.717) is 36.3 Å². The third-order valence-corrected chi connectivity index (χ3v) is 11.2. The van der Waals surface area contributed by atoms with Gasteiger partial charge in [-0.2, -0.15) is 0 Å². The minimum absolute atomic E-state index is 0.0815. The average Bonchev–Trinajstić information content (AvgIpc) is 3.61. The number of aromatic hydroxyl groups is 1. The van der Waals surface area contributed by atoms with Gasteiger partial charge in [-0.25, -0.2) is 17.5 Å². The lowest BCUT2D eigenvalue weighted by atomic mass is 9.89. The number of piperidine rings is 1. The molecule has 4 aliphatic rings. The molecular formula is C30H35N5O6S. The van der Waals surface area contributed by atoms with E-state index in [0.717, 1.165) is 29.5 Å². The molecule has 3 N–H and O–H groups in total. The predicted octanol–water partition coefficient (Wildman–Crippen LogP) is 2.66. The zero-order valence-corrected chi connectivity index (χ0v) is 24.6. The fraction of sp³-hybridized carbons (Fsp3) is 0.467. The Bertz CT molecular complexity index is 1580. The molecule has 12 heteroatoms. The summed E-state index contributed by atoms with van der Waals surface area (Å²) in [5, 5.41) is 14.9. The van der Waals surface area contributed by atoms with E-state index in [-0.39, 0.29) is 49.2 Å². The highest BCUT2D eigenvalue weighted by Gasteiger charge is 2.55. The first-order chi connectivity index (χ1) is 19.9. The van der Waals surface area contributed by atoms with Crippen LogP contribution in [0.5, 0.6) is 5.75 Å². The zero-order chi connectivity index (χ0) is 29.9. The maximum absolute atomic E-state index is 13.4. The molecule has 0 aromatic heterocycles. The van der Waals surface area contributed by atoms with Crippen molar-refractivity contribution in [1.29, 1.82) is 0 Å². The van der Waals surface area contributed by atoms with E-state index in [9.17, 15) is 27.9 Å². The molecule has 1 aliphatic carbocycles. The quantitative estimate of drug-likeness (QED) is 0.439. The van der Waals surface area contributed by atoms with Crippen molar-refractivity contribution in [3.63, 3.8) is 0 Å². The summed E-state index contributed by atoms with van der Waals surface area (Å²) in [7, 11) is -3.60. The molecule has 2 saturated heterocycles. The summed E-state index contributed by atoms with van der Waals surface area (Å²) in [5.41, 5.74) is 2.15. The molecule has 11 nitrogen and oxygen atoms in total. The Labute approximate surface area is 245 Å². The highest BCUT2D eigenvalue weighted by molar-refractivity contribution is 7.89. The van der Waals surface area contributed by atoms with Crippen LogP contribution in [0.4, 0.5) is 10.5 Å². The minimum Gasteiger partial charge on any atom is -0.508 e. The number of rotatable bonds is 6. The molecular weight excluding hydrogens is 558 g/mol. The van der Waals surface area contributed by atoms with Crippen molar-refractivity contribution < 1.29 is 27.9 Å². The number of urea groups is 1. The number of nitrogens with zero attached hydrogens (tertiary/aromatic N) is 3. The minimum atomic E-state index is -3.60. The van der Waals surface area contributed by atoms with Crippen molar-refractivity contribution in [2.24, 2.45) is 4.99 Å². The van der Waals surface area contributed by atoms with Gasteiger partial charge in [-0.1, -0.05) is 12.8 Å². The molecule has 4 amide bonds. The first-order valence-electron chi connectivity index (χ1n) is 14.4. The Morgan fingerprint density at radius 1 is 0.905 bits per heavy atom. The highest BCUT2D eigenvalue weighted by atomic mass is 32.2. The van der Waals surface area contributed by atoms with E-state index in [1.54, 1.807) is 17.0 Å². The molecule has 1 saturated carbocycles. The summed E-state index contributed by atoms with van der Waals surface area (Å²) in [5.74, 6) is -0.00797. The van der Waals surface area contributed by atoms with Crippen molar-refractivity contribution in [3.8, 4) is 5.75 Å². The number of aliphatic imine (C=N–C) groups is 1. The van der Waals surface area contributed by atoms with Crippen LogP contribution in [0.2, 0.25) is 0 Å². The topological polar surface area (TPSA) is 148 Å². The first kappa shape index (κ1) is 28.4. The number of amides is 4. The van der Waals surface area contributed by atoms with Gasteiger partial charge in [0, 0.05) is 24.3 Å². The number of phenolic OH excluding ortho intramolecular Hbond substituents is 1. The van der Waals surface area contributed by atoms with Crippen LogP contribution in [0.3, 0.4) is 0 Å². The Kier molecular flexibility index (Phi) is 6.88. The van der Waals surface area contributed by atoms with Crippen LogP contribution in [-0.4, -0.2) is 71.4 Å². The normalized spacial score (nSPS) is 21.7. The van der Waals surface area contributed by atoms with E-state index in [1.807, 2.05) is 26.0 Å². The standard InChI is InChI=1S/C30H35N5O6S/c1-19-17-22(35-28(39)32-27(38)30(35)10-3-4-11-30)18-20(2)24(19)9-16-42(40,41)34-14-12-29(13-15-34)26(37)31-25(33-29)21-5-7-23(36)8-6-21/h5-8,17-18,36H,3-4,9-16H2,1-2H3,(H,31,33,37)(H,32,38,39). The van der Waals surface area contributed by atoms with E-state index in [1.165, 1.54) is 16.4 Å². The van der Waals surface area contributed by atoms with Crippen LogP contribution < -0.4 is 15.5 Å². The van der Waals surface area contributed by atoms with Crippen LogP contribution in [0.1, 0.15) is 60.8 Å². The number of benzene rings is 2. The average molecular weight is 594 g/mol. The fourth-order valence-corrected chi connectivity index (χ4v) is 8.40. The summed E-state index contributed by atoms with van der Waals surface area (Å²) >= 11 is 0. The molecule has 6 rings (SSSR count). The van der Waals surface area contributed by atoms with Gasteiger partial charge in [-0.05, 0) is 99.0 Å². The number of nitrogens with one attached hydrogen (secondary N) is 2. The molecule has 2 aromatic carbocycles. The number of amidine groups is 1. The Morgan fingerprint density at radius 2 is 1.52 bits per heavy atom. The molecule has 0 unspecified atom stereocenters. The number of aryl methyl sites for hydroxylation is 2. The monoisotopic (exact) mass is 593 g/mol. The van der Waals surface area contributed by atoms with Crippen LogP contribution in [0, 0.1) is 13.8 Å². The number of sulfonamides is 1. The van der Waals surface area contributed by atoms with Gasteiger partial charge in [-0.3, -0.25) is 24.8 Å². The van der Waals surface area contributed by atoms with Gasteiger partial charge in [0.15, 0.2) is 0 Å². The summed E-state index contributed by atoms with van der Waals surface area (Å²) < 4.78 is 28.2. The summed E-state index contributed by atoms with van der Waals surface area (Å²) in [6.45, 7) is 4.20. The third kappa shape index (κ3) is 4.66. The zero-order valence-electron chi connectivity index (χ0n) is 23.8. The van der Waals surface area contributed by atoms with Crippen LogP contribution >= 0.6 is 0 Å². The molecule has 0 bridgehead atoms. The molecule has 42 heavy (non-hydrogen) atoms. The maximum Gasteiger partial charge on any atom is 0.329 e. The first-order valence-corrected chi connectivity index (χ1v) is 16.0. The van der Waals surface area contributed by atoms with Crippen molar-refractivity contribution in [2.75, 3.05) is 23.7 Å². The van der Waals surface area contributed by atoms with Crippen LogP contribution in [0.15, 0.2) is 41.4 Å². The predicted molar refractivity (Wildman–Crippen MR) is 157 cm³/mol. The lowest BCUT2D eigenvalue weighted by Crippen LogP contribution is -2.50. The smallest absolute Gasteiger partial charge is 0.329 e. The van der Waals surface area contributed by atoms with Gasteiger partial charge < -0.3 is 10.4 Å². The molecule has 0 atom stereocenters. The number of phenols is 1. The van der Waals surface area contributed by atoms with E-state index >= 15 is 0 Å². The van der Waals surface area contributed by atoms with E-state index in [4.69, 9.17) is 0 Å². The number of anilines is 1. The van der Waals surface area contributed by atoms with Gasteiger partial charge in [0.1, 0.15) is 22.7 Å². The van der Waals surface area contributed by atoms with Gasteiger partial charge in [0.2, 0.25) is 10.0 Å². The van der Waals surface area contributed by atoms with Crippen molar-refractivity contribution in [3.05, 3.63) is 58.7 Å². The van der Waals surface area contributed by atoms with Gasteiger partial charge in [0.05, 0.1) is 5.75 Å². The van der Waals surface area contributed by atoms with Crippen molar-refractivity contribution >= 4 is 39.4 Å². The molecule has 2 spiro atoms. The van der Waals surface area contributed by atoms with Gasteiger partial charge in [0.25, 0.3) is 11.8 Å². The molecule has 3 fully saturated rings. The second kappa shape index (κ2) is 10.2. The number of carbonyl (C=O) groups excluding carboxylic acids is 3. The molecule has 2 aromatic rings. The fourth-order valence-electron chi connectivity index (χ4n) is 6.94. The van der Waals surface area contributed by atoms with E-state index < -0.39 is 27.1 Å². The summed E-state index contributed by atoms with van der Waals surface area (Å²) in [6, 6.07) is 9.75. The number of hydrogen-bond donors (Lipinski definition) is 3. The largest absolute Gasteiger partial charge is 0.508 e. The SMILES string of the molecule is Cc1cc(N2C(=O)NC(=O)C23CCCC3)cc(C)c1CCS(=O)(=O)N1CCC2(CC1)N=C(c1ccc(O)cc1)NC2=O. The van der Waals surface area contributed by atoms with Crippen molar-refractivity contribution in [2.45, 2.75) is 69.9 Å². The number of imide groups is 1. The maximum atomic E-state index is 13.4. The molecule has 3 heterocycles. The van der Waals surface area contributed by atoms with Gasteiger partial charge in [-0.15, -0.1) is 0 Å². The lowest BCUT2D eigenvalue weighted by Gasteiger charge is -2.34. The Balaban J connectivity index is 1.13. The molecule has 0 radical (unpaired) electrons. The van der Waals surface area contributed by atoms with Crippen LogP contribution in [0.25, 0.3) is 0 Å². The summed E-state index contributed by atoms with van der Waals surface area (Å²) in [6.07, 6.45) is 3.91. The number of hydrogen-bond acceptors (Lipinski definition) is 7. The Morgan fingerprint density at radius 3 is 2.14 bits per heavy atom. The molecule has 3 aliphatic heterocycles. The van der Waals surface area contributed by atoms with Gasteiger partial charge >= 0.3 is 6.03 Å². The highest BCUT2D eigenvalue weighted by Crippen LogP contribution is 2.42. The molecule has 222 valence electrons. The van der Waals surface area contributed by atoms with Crippen LogP contribution in [-0.2, 0) is 26.0 Å². The lowest BCUT2D eigenvalue weighted by molar-refractivity contribution is -0.125. The summed E-state index contributed by atoms with van der Waals surface area (Å²) in [4.78, 5) is 44.6. The van der Waals surface area contributed by atoms with E-state index in [2.05, 4.69) is 15.6 Å². The second-order valence-corrected chi connectivity index (χ2v) is 13.9. The number of carbonyl (C=O) groups is 3. The third-order valence-electron chi connectivity index (χ3n) is 9.32. The Hall–Kier alpha value is -3.77. The van der Waals surface area contributed by atoms with Crippen molar-refractivity contribution in [1.82, 2.24) is 14.9 Å². The second-order valence-electron chi connectivity index (χ2n) is 11.8.